The smallest absolute Gasteiger partial charge is 0.308 e. The van der Waals surface area contributed by atoms with Crippen molar-refractivity contribution in [1.82, 2.24) is 4.90 Å². The first kappa shape index (κ1) is 15.3. The maximum Gasteiger partial charge on any atom is 0.308 e. The van der Waals surface area contributed by atoms with E-state index in [1.54, 1.807) is 13.0 Å². The third-order valence-corrected chi connectivity index (χ3v) is 3.54. The minimum Gasteiger partial charge on any atom is -0.481 e. The van der Waals surface area contributed by atoms with Crippen LogP contribution in [0.1, 0.15) is 19.8 Å². The zero-order valence-electron chi connectivity index (χ0n) is 11.8. The molecule has 0 aromatic heterocycles. The van der Waals surface area contributed by atoms with Crippen LogP contribution >= 0.6 is 0 Å². The minimum atomic E-state index is -0.883. The Labute approximate surface area is 122 Å². The van der Waals surface area contributed by atoms with E-state index >= 15 is 0 Å². The molecule has 1 aliphatic rings. The lowest BCUT2D eigenvalue weighted by Gasteiger charge is -2.32. The Hall–Kier alpha value is -2.11. The van der Waals surface area contributed by atoms with Gasteiger partial charge in [0.15, 0.2) is 6.10 Å². The molecule has 0 radical (unpaired) electrons. The van der Waals surface area contributed by atoms with E-state index in [4.69, 9.17) is 9.84 Å². The molecule has 0 saturated carbocycles. The minimum absolute atomic E-state index is 0.199. The van der Waals surface area contributed by atoms with E-state index in [0.29, 0.717) is 19.4 Å². The molecule has 21 heavy (non-hydrogen) atoms. The zero-order valence-corrected chi connectivity index (χ0v) is 11.8. The number of carboxylic acids is 1. The SMILES string of the molecule is C[C@@H](Oc1cccc(F)c1)C(=O)N1CCC[C@H](C(=O)O)C1. The Balaban J connectivity index is 1.97. The number of nitrogens with zero attached hydrogens (tertiary/aromatic N) is 1. The molecule has 2 atom stereocenters. The van der Waals surface area contributed by atoms with Crippen molar-refractivity contribution in [1.29, 1.82) is 0 Å². The fraction of sp³-hybridized carbons (Fsp3) is 0.467. The van der Waals surface area contributed by atoms with Crippen molar-refractivity contribution in [3.8, 4) is 5.75 Å². The highest BCUT2D eigenvalue weighted by Gasteiger charge is 2.30. The quantitative estimate of drug-likeness (QED) is 0.921. The molecule has 1 amide bonds. The first-order valence-corrected chi connectivity index (χ1v) is 6.91. The number of amides is 1. The Morgan fingerprint density at radius 2 is 2.24 bits per heavy atom. The second kappa shape index (κ2) is 6.56. The number of carbonyl (C=O) groups excluding carboxylic acids is 1. The van der Waals surface area contributed by atoms with Crippen LogP contribution in [0.25, 0.3) is 0 Å². The fourth-order valence-electron chi connectivity index (χ4n) is 2.43. The lowest BCUT2D eigenvalue weighted by molar-refractivity contribution is -0.147. The third-order valence-electron chi connectivity index (χ3n) is 3.54. The van der Waals surface area contributed by atoms with Gasteiger partial charge in [-0.25, -0.2) is 4.39 Å². The summed E-state index contributed by atoms with van der Waals surface area (Å²) < 4.78 is 18.5. The van der Waals surface area contributed by atoms with Crippen LogP contribution in [-0.2, 0) is 9.59 Å². The largest absolute Gasteiger partial charge is 0.481 e. The lowest BCUT2D eigenvalue weighted by atomic mass is 9.98. The van der Waals surface area contributed by atoms with Gasteiger partial charge < -0.3 is 14.7 Å². The summed E-state index contributed by atoms with van der Waals surface area (Å²) in [7, 11) is 0. The molecule has 0 bridgehead atoms. The third kappa shape index (κ3) is 3.93. The van der Waals surface area contributed by atoms with Crippen molar-refractivity contribution in [2.75, 3.05) is 13.1 Å². The van der Waals surface area contributed by atoms with Crippen molar-refractivity contribution < 1.29 is 23.8 Å². The number of hydrogen-bond donors (Lipinski definition) is 1. The van der Waals surface area contributed by atoms with Gasteiger partial charge in [0.05, 0.1) is 5.92 Å². The molecule has 1 heterocycles. The molecular formula is C15H18FNO4. The Morgan fingerprint density at radius 3 is 2.90 bits per heavy atom. The van der Waals surface area contributed by atoms with Crippen LogP contribution in [0, 0.1) is 11.7 Å². The number of halogens is 1. The van der Waals surface area contributed by atoms with Crippen LogP contribution in [-0.4, -0.2) is 41.1 Å². The van der Waals surface area contributed by atoms with Gasteiger partial charge in [-0.05, 0) is 31.9 Å². The molecule has 6 heteroatoms. The van der Waals surface area contributed by atoms with E-state index in [9.17, 15) is 14.0 Å². The second-order valence-electron chi connectivity index (χ2n) is 5.18. The Bertz CT molecular complexity index is 534. The summed E-state index contributed by atoms with van der Waals surface area (Å²) in [5, 5.41) is 9.03. The van der Waals surface area contributed by atoms with Crippen LogP contribution in [0.5, 0.6) is 5.75 Å². The maximum atomic E-state index is 13.1. The van der Waals surface area contributed by atoms with Crippen LogP contribution in [0.3, 0.4) is 0 Å². The van der Waals surface area contributed by atoms with Gasteiger partial charge in [-0.2, -0.15) is 0 Å². The highest BCUT2D eigenvalue weighted by Crippen LogP contribution is 2.19. The van der Waals surface area contributed by atoms with Crippen LogP contribution in [0.2, 0.25) is 0 Å². The fourth-order valence-corrected chi connectivity index (χ4v) is 2.43. The van der Waals surface area contributed by atoms with Gasteiger partial charge in [0.2, 0.25) is 0 Å². The molecule has 5 nitrogen and oxygen atoms in total. The molecule has 1 fully saturated rings. The second-order valence-corrected chi connectivity index (χ2v) is 5.18. The number of benzene rings is 1. The number of hydrogen-bond acceptors (Lipinski definition) is 3. The molecule has 0 unspecified atom stereocenters. The summed E-state index contributed by atoms with van der Waals surface area (Å²) in [4.78, 5) is 24.8. The molecule has 1 N–H and O–H groups in total. The summed E-state index contributed by atoms with van der Waals surface area (Å²) in [6.07, 6.45) is 0.465. The number of piperidine rings is 1. The predicted molar refractivity (Wildman–Crippen MR) is 73.4 cm³/mol. The van der Waals surface area contributed by atoms with Gasteiger partial charge in [0, 0.05) is 19.2 Å². The molecule has 114 valence electrons. The monoisotopic (exact) mass is 295 g/mol. The van der Waals surface area contributed by atoms with Crippen molar-refractivity contribution in [3.63, 3.8) is 0 Å². The van der Waals surface area contributed by atoms with Gasteiger partial charge >= 0.3 is 5.97 Å². The number of aliphatic carboxylic acids is 1. The maximum absolute atomic E-state index is 13.1. The zero-order chi connectivity index (χ0) is 15.4. The summed E-state index contributed by atoms with van der Waals surface area (Å²) >= 11 is 0. The van der Waals surface area contributed by atoms with Gasteiger partial charge in [-0.15, -0.1) is 0 Å². The van der Waals surface area contributed by atoms with E-state index in [1.165, 1.54) is 23.1 Å². The van der Waals surface area contributed by atoms with Crippen LogP contribution in [0.15, 0.2) is 24.3 Å². The Kier molecular flexibility index (Phi) is 4.77. The Morgan fingerprint density at radius 1 is 1.48 bits per heavy atom. The molecular weight excluding hydrogens is 277 g/mol. The molecule has 0 spiro atoms. The summed E-state index contributed by atoms with van der Waals surface area (Å²) in [5.41, 5.74) is 0. The molecule has 2 rings (SSSR count). The van der Waals surface area contributed by atoms with Crippen molar-refractivity contribution in [2.45, 2.75) is 25.9 Å². The van der Waals surface area contributed by atoms with Gasteiger partial charge in [0.25, 0.3) is 5.91 Å². The van der Waals surface area contributed by atoms with E-state index in [-0.39, 0.29) is 18.2 Å². The van der Waals surface area contributed by atoms with Gasteiger partial charge in [-0.3, -0.25) is 9.59 Å². The molecule has 1 aromatic carbocycles. The topological polar surface area (TPSA) is 66.8 Å². The predicted octanol–water partition coefficient (Wildman–Crippen LogP) is 1.92. The average Bonchev–Trinajstić information content (AvgIpc) is 2.46. The summed E-state index contributed by atoms with van der Waals surface area (Å²) in [6, 6.07) is 5.58. The average molecular weight is 295 g/mol. The molecule has 1 saturated heterocycles. The van der Waals surface area contributed by atoms with Gasteiger partial charge in [-0.1, -0.05) is 6.07 Å². The highest BCUT2D eigenvalue weighted by molar-refractivity contribution is 5.82. The van der Waals surface area contributed by atoms with E-state index < -0.39 is 23.8 Å². The summed E-state index contributed by atoms with van der Waals surface area (Å²) in [5.74, 6) is -1.83. The number of carboxylic acid groups (broad SMARTS) is 1. The molecule has 1 aromatic rings. The normalized spacial score (nSPS) is 19.9. The van der Waals surface area contributed by atoms with E-state index in [0.717, 1.165) is 0 Å². The van der Waals surface area contributed by atoms with Crippen LogP contribution < -0.4 is 4.74 Å². The number of carbonyl (C=O) groups is 2. The highest BCUT2D eigenvalue weighted by atomic mass is 19.1. The standard InChI is InChI=1S/C15H18FNO4/c1-10(21-13-6-2-5-12(16)8-13)14(18)17-7-3-4-11(9-17)15(19)20/h2,5-6,8,10-11H,3-4,7,9H2,1H3,(H,19,20)/t10-,11+/m1/s1. The number of ether oxygens (including phenoxy) is 1. The number of likely N-dealkylation sites (tertiary alicyclic amines) is 1. The first-order valence-electron chi connectivity index (χ1n) is 6.91. The lowest BCUT2D eigenvalue weighted by Crippen LogP contribution is -2.47. The van der Waals surface area contributed by atoms with E-state index in [1.807, 2.05) is 0 Å². The van der Waals surface area contributed by atoms with E-state index in [2.05, 4.69) is 0 Å². The number of rotatable bonds is 4. The van der Waals surface area contributed by atoms with Gasteiger partial charge in [0.1, 0.15) is 11.6 Å². The van der Waals surface area contributed by atoms with Crippen molar-refractivity contribution in [3.05, 3.63) is 30.1 Å². The summed E-state index contributed by atoms with van der Waals surface area (Å²) in [6.45, 7) is 2.31. The molecule has 0 aliphatic carbocycles. The van der Waals surface area contributed by atoms with Crippen molar-refractivity contribution >= 4 is 11.9 Å². The first-order chi connectivity index (χ1) is 9.97. The molecule has 1 aliphatic heterocycles. The van der Waals surface area contributed by atoms with Crippen molar-refractivity contribution in [2.24, 2.45) is 5.92 Å². The van der Waals surface area contributed by atoms with Crippen LogP contribution in [0.4, 0.5) is 4.39 Å².